The van der Waals surface area contributed by atoms with Gasteiger partial charge in [0.05, 0.1) is 4.90 Å². The monoisotopic (exact) mass is 478 g/mol. The maximum Gasteiger partial charge on any atom is 0.233 e. The van der Waals surface area contributed by atoms with Gasteiger partial charge < -0.3 is 4.74 Å². The molecule has 2 aromatic rings. The Morgan fingerprint density at radius 3 is 2.28 bits per heavy atom. The van der Waals surface area contributed by atoms with E-state index in [1.54, 1.807) is 35.4 Å². The number of carbonyl (C=O) groups is 1. The molecule has 0 bridgehead atoms. The van der Waals surface area contributed by atoms with Gasteiger partial charge in [-0.25, -0.2) is 13.4 Å². The minimum Gasteiger partial charge on any atom is -0.381 e. The van der Waals surface area contributed by atoms with Gasteiger partial charge in [-0.2, -0.15) is 0 Å². The van der Waals surface area contributed by atoms with Crippen LogP contribution >= 0.6 is 11.6 Å². The van der Waals surface area contributed by atoms with Gasteiger partial charge in [-0.3, -0.25) is 9.69 Å². The Balaban J connectivity index is 2.11. The summed E-state index contributed by atoms with van der Waals surface area (Å²) in [5.41, 5.74) is 0.887. The average molecular weight is 479 g/mol. The van der Waals surface area contributed by atoms with Crippen molar-refractivity contribution in [2.45, 2.75) is 57.1 Å². The molecule has 8 heteroatoms. The molecular weight excluding hydrogens is 448 g/mol. The molecule has 1 saturated heterocycles. The van der Waals surface area contributed by atoms with Crippen LogP contribution in [0.4, 0.5) is 5.82 Å². The summed E-state index contributed by atoms with van der Waals surface area (Å²) in [6, 6.07) is 8.09. The molecule has 32 heavy (non-hydrogen) atoms. The molecule has 0 saturated carbocycles. The van der Waals surface area contributed by atoms with Crippen LogP contribution in [0, 0.1) is 12.3 Å². The number of hydrogen-bond donors (Lipinski definition) is 0. The van der Waals surface area contributed by atoms with Gasteiger partial charge in [-0.1, -0.05) is 32.4 Å². The molecule has 1 amide bonds. The van der Waals surface area contributed by atoms with Crippen molar-refractivity contribution < 1.29 is 17.9 Å². The summed E-state index contributed by atoms with van der Waals surface area (Å²) < 4.78 is 32.2. The molecule has 2 heterocycles. The van der Waals surface area contributed by atoms with Gasteiger partial charge in [0.25, 0.3) is 0 Å². The number of ether oxygens (including phenoxy) is 1. The Morgan fingerprint density at radius 2 is 1.78 bits per heavy atom. The highest BCUT2D eigenvalue weighted by atomic mass is 35.5. The van der Waals surface area contributed by atoms with Gasteiger partial charge in [0, 0.05) is 36.4 Å². The largest absolute Gasteiger partial charge is 0.381 e. The highest BCUT2D eigenvalue weighted by Gasteiger charge is 2.48. The van der Waals surface area contributed by atoms with Gasteiger partial charge >= 0.3 is 0 Å². The maximum atomic E-state index is 13.9. The molecule has 6 nitrogen and oxygen atoms in total. The highest BCUT2D eigenvalue weighted by Crippen LogP contribution is 2.45. The van der Waals surface area contributed by atoms with E-state index in [0.29, 0.717) is 49.0 Å². The SMILES string of the molecule is CCN(C(=O)C(C)(C)C)c1cc(C)c(C2(S(=O)(=O)c3ccc(Cl)cc3)CCOCC2)cn1. The van der Waals surface area contributed by atoms with Crippen molar-refractivity contribution in [3.8, 4) is 0 Å². The number of rotatable bonds is 5. The van der Waals surface area contributed by atoms with Gasteiger partial charge in [-0.05, 0) is 68.1 Å². The zero-order valence-electron chi connectivity index (χ0n) is 19.3. The van der Waals surface area contributed by atoms with Crippen LogP contribution in [0.2, 0.25) is 5.02 Å². The van der Waals surface area contributed by atoms with E-state index in [2.05, 4.69) is 4.98 Å². The van der Waals surface area contributed by atoms with E-state index in [9.17, 15) is 13.2 Å². The molecule has 0 radical (unpaired) electrons. The normalized spacial score (nSPS) is 16.6. The van der Waals surface area contributed by atoms with Crippen LogP contribution in [-0.2, 0) is 24.1 Å². The van der Waals surface area contributed by atoms with E-state index in [-0.39, 0.29) is 10.8 Å². The Bertz CT molecular complexity index is 1090. The minimum atomic E-state index is -3.75. The molecule has 174 valence electrons. The van der Waals surface area contributed by atoms with Gasteiger partial charge in [-0.15, -0.1) is 0 Å². The van der Waals surface area contributed by atoms with Crippen LogP contribution in [0.15, 0.2) is 41.4 Å². The summed E-state index contributed by atoms with van der Waals surface area (Å²) in [6.07, 6.45) is 2.29. The number of aryl methyl sites for hydroxylation is 1. The summed E-state index contributed by atoms with van der Waals surface area (Å²) in [5.74, 6) is 0.494. The first kappa shape index (κ1) is 24.7. The Morgan fingerprint density at radius 1 is 1.19 bits per heavy atom. The summed E-state index contributed by atoms with van der Waals surface area (Å²) in [7, 11) is -3.75. The molecule has 1 aliphatic rings. The molecule has 0 unspecified atom stereocenters. The quantitative estimate of drug-likeness (QED) is 0.609. The number of aromatic nitrogens is 1. The molecule has 3 rings (SSSR count). The van der Waals surface area contributed by atoms with Crippen molar-refractivity contribution in [2.75, 3.05) is 24.7 Å². The van der Waals surface area contributed by atoms with Crippen LogP contribution in [0.5, 0.6) is 0 Å². The lowest BCUT2D eigenvalue weighted by atomic mass is 9.88. The first-order chi connectivity index (χ1) is 14.9. The number of anilines is 1. The van der Waals surface area contributed by atoms with Gasteiger partial charge in [0.15, 0.2) is 9.84 Å². The average Bonchev–Trinajstić information content (AvgIpc) is 2.74. The highest BCUT2D eigenvalue weighted by molar-refractivity contribution is 7.92. The fourth-order valence-electron chi connectivity index (χ4n) is 4.20. The van der Waals surface area contributed by atoms with Crippen molar-refractivity contribution in [2.24, 2.45) is 5.41 Å². The number of nitrogens with zero attached hydrogens (tertiary/aromatic N) is 2. The predicted molar refractivity (Wildman–Crippen MR) is 127 cm³/mol. The first-order valence-electron chi connectivity index (χ1n) is 10.8. The van der Waals surface area contributed by atoms with Crippen molar-refractivity contribution in [1.29, 1.82) is 0 Å². The third-order valence-corrected chi connectivity index (χ3v) is 8.81. The molecular formula is C24H31ClN2O4S. The third-order valence-electron chi connectivity index (χ3n) is 6.01. The second-order valence-electron chi connectivity index (χ2n) is 9.22. The fourth-order valence-corrected chi connectivity index (χ4v) is 6.48. The molecule has 1 aliphatic heterocycles. The van der Waals surface area contributed by atoms with Crippen LogP contribution in [-0.4, -0.2) is 39.1 Å². The Labute approximate surface area is 195 Å². The summed E-state index contributed by atoms with van der Waals surface area (Å²) in [5, 5.41) is 0.482. The van der Waals surface area contributed by atoms with E-state index in [4.69, 9.17) is 16.3 Å². The smallest absolute Gasteiger partial charge is 0.233 e. The fraction of sp³-hybridized carbons (Fsp3) is 0.500. The predicted octanol–water partition coefficient (Wildman–Crippen LogP) is 4.92. The van der Waals surface area contributed by atoms with Crippen LogP contribution in [0.1, 0.15) is 51.7 Å². The number of sulfone groups is 1. The Hall–Kier alpha value is -1.96. The number of pyridine rings is 1. The van der Waals surface area contributed by atoms with Crippen molar-refractivity contribution >= 4 is 33.2 Å². The van der Waals surface area contributed by atoms with E-state index in [0.717, 1.165) is 5.56 Å². The van der Waals surface area contributed by atoms with E-state index in [1.807, 2.05) is 40.7 Å². The lowest BCUT2D eigenvalue weighted by molar-refractivity contribution is -0.125. The molecule has 0 aliphatic carbocycles. The second-order valence-corrected chi connectivity index (χ2v) is 11.9. The van der Waals surface area contributed by atoms with Crippen molar-refractivity contribution in [1.82, 2.24) is 4.98 Å². The number of benzene rings is 1. The topological polar surface area (TPSA) is 76.6 Å². The van der Waals surface area contributed by atoms with Crippen LogP contribution in [0.25, 0.3) is 0 Å². The van der Waals surface area contributed by atoms with E-state index >= 15 is 0 Å². The molecule has 0 N–H and O–H groups in total. The Kier molecular flexibility index (Phi) is 7.03. The number of halogens is 1. The third kappa shape index (κ3) is 4.43. The summed E-state index contributed by atoms with van der Waals surface area (Å²) in [6.45, 7) is 10.6. The lowest BCUT2D eigenvalue weighted by Crippen LogP contribution is -2.42. The zero-order chi connectivity index (χ0) is 23.7. The van der Waals surface area contributed by atoms with Gasteiger partial charge in [0.1, 0.15) is 10.6 Å². The molecule has 1 aromatic heterocycles. The zero-order valence-corrected chi connectivity index (χ0v) is 20.9. The number of hydrogen-bond acceptors (Lipinski definition) is 5. The standard InChI is InChI=1S/C24H31ClN2O4S/c1-6-27(22(28)23(3,4)5)21-15-17(2)20(16-26-21)24(11-13-31-14-12-24)32(29,30)19-9-7-18(25)8-10-19/h7-10,15-16H,6,11-14H2,1-5H3. The minimum absolute atomic E-state index is 0.0331. The van der Waals surface area contributed by atoms with E-state index in [1.165, 1.54) is 0 Å². The van der Waals surface area contributed by atoms with Crippen molar-refractivity contribution in [3.05, 3.63) is 52.7 Å². The number of amides is 1. The van der Waals surface area contributed by atoms with Crippen LogP contribution < -0.4 is 4.90 Å². The lowest BCUT2D eigenvalue weighted by Gasteiger charge is -2.38. The van der Waals surface area contributed by atoms with Gasteiger partial charge in [0.2, 0.25) is 5.91 Å². The second kappa shape index (κ2) is 9.12. The number of carbonyl (C=O) groups excluding carboxylic acids is 1. The molecule has 1 aromatic carbocycles. The molecule has 0 atom stereocenters. The van der Waals surface area contributed by atoms with Crippen molar-refractivity contribution in [3.63, 3.8) is 0 Å². The van der Waals surface area contributed by atoms with E-state index < -0.39 is 20.0 Å². The molecule has 0 spiro atoms. The molecule has 1 fully saturated rings. The maximum absolute atomic E-state index is 13.9. The first-order valence-corrected chi connectivity index (χ1v) is 12.7. The van der Waals surface area contributed by atoms with Crippen LogP contribution in [0.3, 0.4) is 0 Å². The summed E-state index contributed by atoms with van der Waals surface area (Å²) >= 11 is 5.99. The summed E-state index contributed by atoms with van der Waals surface area (Å²) in [4.78, 5) is 19.3.